The molecule has 0 aliphatic heterocycles. The topological polar surface area (TPSA) is 52.4 Å². The fourth-order valence-electron chi connectivity index (χ4n) is 0.960. The first-order valence-electron chi connectivity index (χ1n) is 3.44. The molecule has 0 saturated carbocycles. The summed E-state index contributed by atoms with van der Waals surface area (Å²) in [5.74, 6) is 0.637. The first-order valence-corrected chi connectivity index (χ1v) is 3.44. The highest BCUT2D eigenvalue weighted by atomic mass is 16.6. The second kappa shape index (κ2) is 3.21. The average molecular weight is 167 g/mol. The Balaban J connectivity index is 3.12. The fourth-order valence-corrected chi connectivity index (χ4v) is 0.960. The quantitative estimate of drug-likeness (QED) is 0.499. The van der Waals surface area contributed by atoms with E-state index in [1.807, 2.05) is 0 Å². The van der Waals surface area contributed by atoms with E-state index in [9.17, 15) is 10.1 Å². The van der Waals surface area contributed by atoms with Crippen molar-refractivity contribution in [2.75, 3.05) is 7.11 Å². The molecule has 0 bridgehead atoms. The lowest BCUT2D eigenvalue weighted by Gasteiger charge is -2.00. The molecule has 0 heterocycles. The number of hydrogen-bond acceptors (Lipinski definition) is 3. The van der Waals surface area contributed by atoms with E-state index < -0.39 is 4.92 Å². The van der Waals surface area contributed by atoms with E-state index in [-0.39, 0.29) is 5.69 Å². The van der Waals surface area contributed by atoms with Crippen LogP contribution >= 0.6 is 0 Å². The Hall–Kier alpha value is -1.58. The second-order valence-electron chi connectivity index (χ2n) is 2.41. The molecular formula is C8H9NO3. The van der Waals surface area contributed by atoms with Crippen molar-refractivity contribution in [2.45, 2.75) is 6.92 Å². The molecule has 0 saturated heterocycles. The molecule has 12 heavy (non-hydrogen) atoms. The molecule has 0 unspecified atom stereocenters. The highest BCUT2D eigenvalue weighted by Crippen LogP contribution is 2.22. The van der Waals surface area contributed by atoms with Crippen molar-refractivity contribution in [3.05, 3.63) is 33.9 Å². The first-order chi connectivity index (χ1) is 5.65. The van der Waals surface area contributed by atoms with Crippen LogP contribution in [0.3, 0.4) is 0 Å². The highest BCUT2D eigenvalue weighted by Gasteiger charge is 2.09. The first kappa shape index (κ1) is 8.52. The summed E-state index contributed by atoms with van der Waals surface area (Å²) < 4.78 is 4.91. The van der Waals surface area contributed by atoms with Gasteiger partial charge in [0.2, 0.25) is 0 Å². The molecule has 4 nitrogen and oxygen atoms in total. The molecule has 0 atom stereocenters. The Kier molecular flexibility index (Phi) is 2.28. The number of rotatable bonds is 2. The van der Waals surface area contributed by atoms with E-state index in [0.29, 0.717) is 11.3 Å². The van der Waals surface area contributed by atoms with Gasteiger partial charge in [-0.2, -0.15) is 0 Å². The third-order valence-corrected chi connectivity index (χ3v) is 1.60. The van der Waals surface area contributed by atoms with E-state index in [4.69, 9.17) is 4.74 Å². The van der Waals surface area contributed by atoms with Gasteiger partial charge < -0.3 is 4.74 Å². The van der Waals surface area contributed by atoms with Crippen molar-refractivity contribution < 1.29 is 9.66 Å². The Labute approximate surface area is 69.9 Å². The third kappa shape index (κ3) is 1.53. The van der Waals surface area contributed by atoms with Crippen LogP contribution in [0.1, 0.15) is 5.56 Å². The van der Waals surface area contributed by atoms with Crippen LogP contribution in [0.4, 0.5) is 5.69 Å². The van der Waals surface area contributed by atoms with Gasteiger partial charge in [-0.3, -0.25) is 10.1 Å². The summed E-state index contributed by atoms with van der Waals surface area (Å²) >= 11 is 0. The van der Waals surface area contributed by atoms with Gasteiger partial charge in [0.1, 0.15) is 5.75 Å². The lowest BCUT2D eigenvalue weighted by molar-refractivity contribution is -0.385. The number of methoxy groups -OCH3 is 1. The Morgan fingerprint density at radius 2 is 2.17 bits per heavy atom. The Bertz CT molecular complexity index is 309. The number of benzene rings is 1. The van der Waals surface area contributed by atoms with Gasteiger partial charge in [0.15, 0.2) is 0 Å². The molecule has 64 valence electrons. The molecule has 0 radical (unpaired) electrons. The fraction of sp³-hybridized carbons (Fsp3) is 0.250. The molecule has 0 fully saturated rings. The van der Waals surface area contributed by atoms with Crippen molar-refractivity contribution in [3.8, 4) is 5.75 Å². The van der Waals surface area contributed by atoms with E-state index in [1.54, 1.807) is 19.1 Å². The van der Waals surface area contributed by atoms with Crippen LogP contribution in [-0.4, -0.2) is 12.0 Å². The normalized spacial score (nSPS) is 9.50. The molecule has 1 aromatic rings. The van der Waals surface area contributed by atoms with Gasteiger partial charge in [-0.05, 0) is 19.1 Å². The van der Waals surface area contributed by atoms with Crippen LogP contribution in [0.2, 0.25) is 0 Å². The predicted molar refractivity (Wildman–Crippen MR) is 44.4 cm³/mol. The third-order valence-electron chi connectivity index (χ3n) is 1.60. The largest absolute Gasteiger partial charge is 0.497 e. The van der Waals surface area contributed by atoms with Crippen LogP contribution in [0.5, 0.6) is 5.75 Å². The summed E-state index contributed by atoms with van der Waals surface area (Å²) in [6.45, 7) is 1.68. The molecule has 1 rings (SSSR count). The number of nitrogens with zero attached hydrogens (tertiary/aromatic N) is 1. The van der Waals surface area contributed by atoms with Gasteiger partial charge in [0.05, 0.1) is 12.0 Å². The summed E-state index contributed by atoms with van der Waals surface area (Å²) in [7, 11) is 1.53. The van der Waals surface area contributed by atoms with Crippen LogP contribution < -0.4 is 4.74 Å². The molecule has 0 amide bonds. The maximum absolute atomic E-state index is 10.4. The lowest BCUT2D eigenvalue weighted by atomic mass is 10.2. The van der Waals surface area contributed by atoms with Crippen molar-refractivity contribution in [1.29, 1.82) is 0 Å². The Morgan fingerprint density at radius 3 is 2.58 bits per heavy atom. The number of hydrogen-bond donors (Lipinski definition) is 0. The summed E-state index contributed by atoms with van der Waals surface area (Å²) in [4.78, 5) is 9.98. The lowest BCUT2D eigenvalue weighted by Crippen LogP contribution is -1.92. The molecular weight excluding hydrogens is 158 g/mol. The minimum Gasteiger partial charge on any atom is -0.497 e. The minimum absolute atomic E-state index is 0.121. The molecule has 1 aromatic carbocycles. The zero-order valence-electron chi connectivity index (χ0n) is 6.90. The van der Waals surface area contributed by atoms with E-state index in [0.717, 1.165) is 0 Å². The maximum Gasteiger partial charge on any atom is 0.272 e. The van der Waals surface area contributed by atoms with Gasteiger partial charge in [0.25, 0.3) is 5.69 Å². The van der Waals surface area contributed by atoms with Gasteiger partial charge in [-0.25, -0.2) is 0 Å². The second-order valence-corrected chi connectivity index (χ2v) is 2.41. The predicted octanol–water partition coefficient (Wildman–Crippen LogP) is 1.91. The van der Waals surface area contributed by atoms with Crippen LogP contribution in [0, 0.1) is 17.0 Å². The molecule has 0 aliphatic rings. The summed E-state index contributed by atoms with van der Waals surface area (Å²) in [6.07, 6.45) is 0. The van der Waals surface area contributed by atoms with Crippen LogP contribution in [0.15, 0.2) is 18.2 Å². The maximum atomic E-state index is 10.4. The van der Waals surface area contributed by atoms with Crippen molar-refractivity contribution in [1.82, 2.24) is 0 Å². The van der Waals surface area contributed by atoms with E-state index >= 15 is 0 Å². The smallest absolute Gasteiger partial charge is 0.272 e. The van der Waals surface area contributed by atoms with Gasteiger partial charge in [0, 0.05) is 11.6 Å². The molecule has 0 spiro atoms. The molecule has 0 N–H and O–H groups in total. The summed E-state index contributed by atoms with van der Waals surface area (Å²) in [5.41, 5.74) is 0.732. The number of nitro groups is 1. The summed E-state index contributed by atoms with van der Waals surface area (Å²) in [5, 5.41) is 10.4. The summed E-state index contributed by atoms with van der Waals surface area (Å²) in [6, 6.07) is 4.65. The van der Waals surface area contributed by atoms with Crippen molar-refractivity contribution in [2.24, 2.45) is 0 Å². The molecule has 0 aliphatic carbocycles. The molecule has 4 heteroatoms. The number of aryl methyl sites for hydroxylation is 1. The minimum atomic E-state index is -0.408. The average Bonchev–Trinajstić information content (AvgIpc) is 2.03. The van der Waals surface area contributed by atoms with Gasteiger partial charge >= 0.3 is 0 Å². The van der Waals surface area contributed by atoms with E-state index in [1.165, 1.54) is 13.2 Å². The highest BCUT2D eigenvalue weighted by molar-refractivity contribution is 5.44. The van der Waals surface area contributed by atoms with Crippen LogP contribution in [0.25, 0.3) is 0 Å². The Morgan fingerprint density at radius 1 is 1.50 bits per heavy atom. The number of ether oxygens (including phenoxy) is 1. The van der Waals surface area contributed by atoms with Crippen LogP contribution in [-0.2, 0) is 0 Å². The zero-order valence-corrected chi connectivity index (χ0v) is 6.90. The van der Waals surface area contributed by atoms with Crippen molar-refractivity contribution in [3.63, 3.8) is 0 Å². The van der Waals surface area contributed by atoms with E-state index in [2.05, 4.69) is 0 Å². The van der Waals surface area contributed by atoms with Gasteiger partial charge in [-0.1, -0.05) is 0 Å². The van der Waals surface area contributed by atoms with Gasteiger partial charge in [-0.15, -0.1) is 0 Å². The standard InChI is InChI=1S/C8H9NO3/c1-6-5-7(12-2)3-4-8(6)9(10)11/h3-5H,1-2H3. The zero-order chi connectivity index (χ0) is 9.14. The SMILES string of the molecule is COc1ccc([N+](=O)[O-])c(C)c1. The molecule has 0 aromatic heterocycles. The van der Waals surface area contributed by atoms with Crippen molar-refractivity contribution >= 4 is 5.69 Å². The number of nitro benzene ring substituents is 1. The monoisotopic (exact) mass is 167 g/mol.